The molecule has 2 N–H and O–H groups in total. The summed E-state index contributed by atoms with van der Waals surface area (Å²) in [5.74, 6) is 0.529. The third-order valence-corrected chi connectivity index (χ3v) is 5.73. The Balaban J connectivity index is 3.18. The third kappa shape index (κ3) is 23.4. The lowest BCUT2D eigenvalue weighted by Gasteiger charge is -2.05. The molecule has 0 aromatic heterocycles. The lowest BCUT2D eigenvalue weighted by molar-refractivity contribution is 0.375. The molecule has 168 valence electrons. The number of rotatable bonds is 23. The summed E-state index contributed by atoms with van der Waals surface area (Å²) in [6.45, 7) is 5.54. The van der Waals surface area contributed by atoms with Crippen LogP contribution in [-0.4, -0.2) is 11.7 Å². The van der Waals surface area contributed by atoms with E-state index in [4.69, 9.17) is 0 Å². The van der Waals surface area contributed by atoms with Crippen molar-refractivity contribution in [3.8, 4) is 0 Å². The number of nitrogens with one attached hydrogen (secondary N) is 1. The van der Waals surface area contributed by atoms with Crippen LogP contribution in [0.25, 0.3) is 0 Å². The predicted octanol–water partition coefficient (Wildman–Crippen LogP) is 9.21. The molecule has 0 aromatic carbocycles. The van der Waals surface area contributed by atoms with Gasteiger partial charge in [-0.15, -0.1) is 0 Å². The van der Waals surface area contributed by atoms with E-state index in [9.17, 15) is 5.11 Å². The molecule has 0 spiro atoms. The van der Waals surface area contributed by atoms with E-state index in [0.717, 1.165) is 19.4 Å². The van der Waals surface area contributed by atoms with E-state index in [1.54, 1.807) is 0 Å². The van der Waals surface area contributed by atoms with Crippen molar-refractivity contribution < 1.29 is 5.11 Å². The van der Waals surface area contributed by atoms with E-state index in [2.05, 4.69) is 19.2 Å². The van der Waals surface area contributed by atoms with Gasteiger partial charge in [-0.05, 0) is 12.8 Å². The maximum absolute atomic E-state index is 9.87. The van der Waals surface area contributed by atoms with Crippen LogP contribution >= 0.6 is 0 Å². The van der Waals surface area contributed by atoms with Crippen LogP contribution in [0.5, 0.6) is 0 Å². The molecule has 0 fully saturated rings. The zero-order valence-electron chi connectivity index (χ0n) is 19.6. The molecule has 0 aliphatic carbocycles. The van der Waals surface area contributed by atoms with Gasteiger partial charge in [0.2, 0.25) is 0 Å². The molecule has 2 nitrogen and oxygen atoms in total. The van der Waals surface area contributed by atoms with Crippen molar-refractivity contribution in [2.45, 2.75) is 149 Å². The van der Waals surface area contributed by atoms with Gasteiger partial charge in [-0.3, -0.25) is 0 Å². The fraction of sp³-hybridized carbons (Fsp3) is 0.923. The third-order valence-electron chi connectivity index (χ3n) is 5.73. The number of aliphatic hydroxyl groups excluding tert-OH is 1. The van der Waals surface area contributed by atoms with Gasteiger partial charge in [-0.2, -0.15) is 0 Å². The van der Waals surface area contributed by atoms with Crippen LogP contribution in [0, 0.1) is 0 Å². The predicted molar refractivity (Wildman–Crippen MR) is 127 cm³/mol. The zero-order chi connectivity index (χ0) is 20.5. The fourth-order valence-electron chi connectivity index (χ4n) is 3.77. The molecule has 28 heavy (non-hydrogen) atoms. The molecule has 0 saturated carbocycles. The van der Waals surface area contributed by atoms with E-state index >= 15 is 0 Å². The second-order valence-corrected chi connectivity index (χ2v) is 8.70. The number of unbranched alkanes of at least 4 members (excludes halogenated alkanes) is 18. The monoisotopic (exact) mass is 395 g/mol. The average Bonchev–Trinajstić information content (AvgIpc) is 2.70. The first-order chi connectivity index (χ1) is 13.8. The highest BCUT2D eigenvalue weighted by Gasteiger charge is 1.96. The van der Waals surface area contributed by atoms with Gasteiger partial charge in [0.25, 0.3) is 0 Å². The summed E-state index contributed by atoms with van der Waals surface area (Å²) in [6.07, 6.45) is 30.0. The molecular formula is C26H53NO. The highest BCUT2D eigenvalue weighted by Crippen LogP contribution is 2.13. The molecule has 0 rings (SSSR count). The number of hydrogen-bond acceptors (Lipinski definition) is 2. The van der Waals surface area contributed by atoms with Crippen molar-refractivity contribution in [2.24, 2.45) is 0 Å². The number of aliphatic hydroxyl groups is 1. The minimum absolute atomic E-state index is 0.529. The topological polar surface area (TPSA) is 32.3 Å². The summed E-state index contributed by atoms with van der Waals surface area (Å²) in [4.78, 5) is 0. The van der Waals surface area contributed by atoms with Crippen molar-refractivity contribution in [2.75, 3.05) is 6.54 Å². The molecule has 0 radical (unpaired) electrons. The van der Waals surface area contributed by atoms with Crippen LogP contribution < -0.4 is 5.32 Å². The standard InChI is InChI=1S/C26H53NO/c1-3-5-7-9-11-12-13-14-15-16-17-18-20-22-24-27-25-26(28)23-21-19-10-8-6-4-2/h25,27-28H,3-24H2,1-2H3. The van der Waals surface area contributed by atoms with Gasteiger partial charge in [0, 0.05) is 19.2 Å². The van der Waals surface area contributed by atoms with Crippen LogP contribution in [0.15, 0.2) is 12.0 Å². The van der Waals surface area contributed by atoms with Crippen molar-refractivity contribution in [1.29, 1.82) is 0 Å². The molecular weight excluding hydrogens is 342 g/mol. The second-order valence-electron chi connectivity index (χ2n) is 8.70. The van der Waals surface area contributed by atoms with Crippen LogP contribution in [0.1, 0.15) is 149 Å². The zero-order valence-corrected chi connectivity index (χ0v) is 19.6. The van der Waals surface area contributed by atoms with Crippen LogP contribution in [0.3, 0.4) is 0 Å². The quantitative estimate of drug-likeness (QED) is 0.133. The van der Waals surface area contributed by atoms with Gasteiger partial charge in [0.15, 0.2) is 0 Å². The Morgan fingerprint density at radius 2 is 0.893 bits per heavy atom. The van der Waals surface area contributed by atoms with Gasteiger partial charge in [0.05, 0.1) is 0 Å². The van der Waals surface area contributed by atoms with E-state index in [0.29, 0.717) is 5.76 Å². The lowest BCUT2D eigenvalue weighted by Crippen LogP contribution is -2.08. The van der Waals surface area contributed by atoms with Crippen molar-refractivity contribution in [3.63, 3.8) is 0 Å². The van der Waals surface area contributed by atoms with E-state index < -0.39 is 0 Å². The van der Waals surface area contributed by atoms with Gasteiger partial charge in [-0.25, -0.2) is 0 Å². The summed E-state index contributed by atoms with van der Waals surface area (Å²) >= 11 is 0. The van der Waals surface area contributed by atoms with E-state index in [1.165, 1.54) is 122 Å². The SMILES string of the molecule is CCCCCCCCCCCCCCCCNC=C(O)CCCCCCCC. The molecule has 0 aliphatic heterocycles. The molecule has 2 heteroatoms. The van der Waals surface area contributed by atoms with Crippen LogP contribution in [0.2, 0.25) is 0 Å². The minimum atomic E-state index is 0.529. The van der Waals surface area contributed by atoms with Crippen molar-refractivity contribution in [1.82, 2.24) is 5.32 Å². The molecule has 0 bridgehead atoms. The Labute approximate surface area is 178 Å². The molecule has 0 unspecified atom stereocenters. The van der Waals surface area contributed by atoms with Gasteiger partial charge in [-0.1, -0.05) is 129 Å². The number of allylic oxidation sites excluding steroid dienone is 1. The summed E-state index contributed by atoms with van der Waals surface area (Å²) in [5, 5.41) is 13.1. The van der Waals surface area contributed by atoms with Crippen LogP contribution in [-0.2, 0) is 0 Å². The average molecular weight is 396 g/mol. The Morgan fingerprint density at radius 1 is 0.536 bits per heavy atom. The minimum Gasteiger partial charge on any atom is -0.511 e. The lowest BCUT2D eigenvalue weighted by atomic mass is 10.0. The Hall–Kier alpha value is -0.660. The van der Waals surface area contributed by atoms with E-state index in [1.807, 2.05) is 6.20 Å². The highest BCUT2D eigenvalue weighted by molar-refractivity contribution is 4.88. The normalized spacial score (nSPS) is 11.9. The van der Waals surface area contributed by atoms with E-state index in [-0.39, 0.29) is 0 Å². The second kappa shape index (κ2) is 24.4. The molecule has 0 atom stereocenters. The van der Waals surface area contributed by atoms with Crippen molar-refractivity contribution >= 4 is 0 Å². The Bertz CT molecular complexity index is 314. The highest BCUT2D eigenvalue weighted by atomic mass is 16.3. The fourth-order valence-corrected chi connectivity index (χ4v) is 3.77. The molecule has 0 saturated heterocycles. The van der Waals surface area contributed by atoms with Gasteiger partial charge in [0.1, 0.15) is 5.76 Å². The first-order valence-electron chi connectivity index (χ1n) is 12.9. The largest absolute Gasteiger partial charge is 0.511 e. The smallest absolute Gasteiger partial charge is 0.108 e. The Kier molecular flexibility index (Phi) is 23.8. The summed E-state index contributed by atoms with van der Waals surface area (Å²) in [7, 11) is 0. The molecule has 0 amide bonds. The Morgan fingerprint density at radius 3 is 1.32 bits per heavy atom. The maximum atomic E-state index is 9.87. The van der Waals surface area contributed by atoms with Gasteiger partial charge < -0.3 is 10.4 Å². The summed E-state index contributed by atoms with van der Waals surface area (Å²) in [5.41, 5.74) is 0. The molecule has 0 heterocycles. The van der Waals surface area contributed by atoms with Crippen LogP contribution in [0.4, 0.5) is 0 Å². The van der Waals surface area contributed by atoms with Gasteiger partial charge >= 0.3 is 0 Å². The first-order valence-corrected chi connectivity index (χ1v) is 12.9. The van der Waals surface area contributed by atoms with Crippen molar-refractivity contribution in [3.05, 3.63) is 12.0 Å². The molecule has 0 aliphatic rings. The molecule has 0 aromatic rings. The summed E-state index contributed by atoms with van der Waals surface area (Å²) < 4.78 is 0. The summed E-state index contributed by atoms with van der Waals surface area (Å²) in [6, 6.07) is 0. The number of hydrogen-bond donors (Lipinski definition) is 2. The maximum Gasteiger partial charge on any atom is 0.108 e. The first kappa shape index (κ1) is 27.3.